The van der Waals surface area contributed by atoms with E-state index in [1.165, 1.54) is 17.1 Å². The molecule has 8 nitrogen and oxygen atoms in total. The van der Waals surface area contributed by atoms with Crippen LogP contribution in [0.2, 0.25) is 0 Å². The van der Waals surface area contributed by atoms with Crippen molar-refractivity contribution in [1.29, 1.82) is 0 Å². The van der Waals surface area contributed by atoms with Crippen molar-refractivity contribution in [2.24, 2.45) is 0 Å². The third kappa shape index (κ3) is 7.89. The van der Waals surface area contributed by atoms with Crippen molar-refractivity contribution in [3.8, 4) is 11.5 Å². The molecule has 1 atom stereocenters. The second kappa shape index (κ2) is 14.6. The van der Waals surface area contributed by atoms with E-state index in [-0.39, 0.29) is 12.1 Å². The molecule has 1 aliphatic heterocycles. The Morgan fingerprint density at radius 1 is 0.854 bits per heavy atom. The van der Waals surface area contributed by atoms with Crippen LogP contribution in [0, 0.1) is 0 Å². The van der Waals surface area contributed by atoms with E-state index in [9.17, 15) is 22.9 Å². The Hall–Kier alpha value is -2.46. The normalized spacial score (nSPS) is 19.6. The molecule has 2 fully saturated rings. The zero-order valence-electron chi connectivity index (χ0n) is 24.4. The van der Waals surface area contributed by atoms with Crippen molar-refractivity contribution in [2.45, 2.75) is 102 Å². The van der Waals surface area contributed by atoms with Crippen LogP contribution in [0.1, 0.15) is 101 Å². The molecule has 0 amide bonds. The van der Waals surface area contributed by atoms with Crippen molar-refractivity contribution in [3.63, 3.8) is 0 Å². The van der Waals surface area contributed by atoms with Crippen LogP contribution in [0.4, 0.5) is 0 Å². The van der Waals surface area contributed by atoms with Crippen molar-refractivity contribution in [3.05, 3.63) is 59.2 Å². The molecule has 2 aromatic rings. The Kier molecular flexibility index (Phi) is 11.2. The number of carboxylic acid groups (broad SMARTS) is 1. The third-order valence-electron chi connectivity index (χ3n) is 8.85. The minimum absolute atomic E-state index is 0.0191. The van der Waals surface area contributed by atoms with Gasteiger partial charge in [0.15, 0.2) is 10.3 Å². The number of fused-ring (bicyclic) bond motifs is 2. The van der Waals surface area contributed by atoms with Gasteiger partial charge in [-0.3, -0.25) is 0 Å². The first-order chi connectivity index (χ1) is 19.7. The van der Waals surface area contributed by atoms with Gasteiger partial charge in [0.1, 0.15) is 11.5 Å². The standard InChI is InChI=1S/C20H23NO3.C12H23NO3S/c1-3-21(4-2)13-12-14-8-7-11-17-18(14)19(20(22)23)15-9-5-6-10-16(15)24-17;14-17(15,16)13(11-7-3-1-4-8-11)12-9-5-2-6-10-12/h5-11,19H,3-4,12-13H2,1-2H3,(H,22,23);11-12H,1-10H2,(H,14,15,16)/p-2. The number of likely N-dealkylation sites (N-methyl/N-ethyl adjacent to an activating group) is 1. The second-order valence-corrected chi connectivity index (χ2v) is 12.6. The summed E-state index contributed by atoms with van der Waals surface area (Å²) in [6.07, 6.45) is 10.9. The Bertz CT molecular complexity index is 1230. The molecule has 2 aromatic carbocycles. The lowest BCUT2D eigenvalue weighted by Gasteiger charge is -2.42. The summed E-state index contributed by atoms with van der Waals surface area (Å²) in [7, 11) is -4.28. The van der Waals surface area contributed by atoms with Crippen molar-refractivity contribution >= 4 is 16.3 Å². The lowest BCUT2D eigenvalue weighted by atomic mass is 9.84. The largest absolute Gasteiger partial charge is 0.735 e. The van der Waals surface area contributed by atoms with E-state index in [0.29, 0.717) is 17.1 Å². The molecule has 2 aliphatic carbocycles. The summed E-state index contributed by atoms with van der Waals surface area (Å²) in [5, 5.41) is 11.9. The topological polar surface area (TPSA) is 113 Å². The summed E-state index contributed by atoms with van der Waals surface area (Å²) in [6, 6.07) is 13.0. The lowest BCUT2D eigenvalue weighted by molar-refractivity contribution is -0.306. The Morgan fingerprint density at radius 3 is 1.95 bits per heavy atom. The van der Waals surface area contributed by atoms with Gasteiger partial charge < -0.3 is 24.1 Å². The van der Waals surface area contributed by atoms with E-state index in [0.717, 1.165) is 88.5 Å². The highest BCUT2D eigenvalue weighted by atomic mass is 32.2. The molecule has 2 saturated carbocycles. The molecule has 9 heteroatoms. The molecule has 0 aromatic heterocycles. The molecule has 3 aliphatic rings. The fourth-order valence-corrected chi connectivity index (χ4v) is 7.86. The summed E-state index contributed by atoms with van der Waals surface area (Å²) < 4.78 is 41.8. The molecule has 0 N–H and O–H groups in total. The van der Waals surface area contributed by atoms with E-state index in [2.05, 4.69) is 18.7 Å². The number of hydrogen-bond acceptors (Lipinski definition) is 7. The minimum atomic E-state index is -4.28. The quantitative estimate of drug-likeness (QED) is 0.382. The average Bonchev–Trinajstić information content (AvgIpc) is 2.97. The van der Waals surface area contributed by atoms with Gasteiger partial charge in [0.25, 0.3) is 0 Å². The maximum absolute atomic E-state index is 11.9. The maximum Gasteiger partial charge on any atom is 0.162 e. The van der Waals surface area contributed by atoms with Crippen LogP contribution < -0.4 is 9.84 Å². The van der Waals surface area contributed by atoms with Crippen LogP contribution in [0.5, 0.6) is 11.5 Å². The van der Waals surface area contributed by atoms with Crippen LogP contribution in [-0.2, 0) is 21.5 Å². The Labute approximate surface area is 245 Å². The molecule has 226 valence electrons. The van der Waals surface area contributed by atoms with Gasteiger partial charge in [0.05, 0.1) is 11.9 Å². The van der Waals surface area contributed by atoms with Gasteiger partial charge in [-0.05, 0) is 62.9 Å². The van der Waals surface area contributed by atoms with Gasteiger partial charge in [0.2, 0.25) is 0 Å². The predicted molar refractivity (Wildman–Crippen MR) is 157 cm³/mol. The number of carboxylic acids is 1. The number of aliphatic carboxylic acids is 1. The van der Waals surface area contributed by atoms with Gasteiger partial charge in [-0.25, -0.2) is 12.7 Å². The fourth-order valence-electron chi connectivity index (χ4n) is 6.71. The fraction of sp³-hybridized carbons (Fsp3) is 0.594. The number of carbonyl (C=O) groups excluding carboxylic acids is 1. The van der Waals surface area contributed by atoms with E-state index in [1.54, 1.807) is 12.1 Å². The maximum atomic E-state index is 11.9. The number of para-hydroxylation sites is 1. The minimum Gasteiger partial charge on any atom is -0.735 e. The number of ether oxygens (including phenoxy) is 1. The summed E-state index contributed by atoms with van der Waals surface area (Å²) in [4.78, 5) is 14.2. The van der Waals surface area contributed by atoms with Gasteiger partial charge in [-0.2, -0.15) is 0 Å². The molecule has 0 radical (unpaired) electrons. The first-order valence-corrected chi connectivity index (χ1v) is 16.7. The first-order valence-electron chi connectivity index (χ1n) is 15.3. The molecule has 0 saturated heterocycles. The highest BCUT2D eigenvalue weighted by Crippen LogP contribution is 2.45. The van der Waals surface area contributed by atoms with Crippen LogP contribution >= 0.6 is 0 Å². The summed E-state index contributed by atoms with van der Waals surface area (Å²) in [5.74, 6) is -0.639. The SMILES string of the molecule is CCN(CC)CCc1cccc2c1C(C(=O)[O-])c1ccccc1O2.O=S(=O)([O-])N(C1CCCCC1)C1CCCCC1. The monoisotopic (exact) mass is 584 g/mol. The molecule has 5 rings (SSSR count). The zero-order valence-corrected chi connectivity index (χ0v) is 25.2. The van der Waals surface area contributed by atoms with Gasteiger partial charge in [-0.1, -0.05) is 82.7 Å². The average molecular weight is 585 g/mol. The Morgan fingerprint density at radius 2 is 1.41 bits per heavy atom. The van der Waals surface area contributed by atoms with E-state index >= 15 is 0 Å². The van der Waals surface area contributed by atoms with Crippen LogP contribution in [0.3, 0.4) is 0 Å². The smallest absolute Gasteiger partial charge is 0.162 e. The van der Waals surface area contributed by atoms with Crippen molar-refractivity contribution < 1.29 is 27.6 Å². The molecular formula is C32H44N2O6S-2. The van der Waals surface area contributed by atoms with Crippen molar-refractivity contribution in [1.82, 2.24) is 9.21 Å². The van der Waals surface area contributed by atoms with E-state index in [4.69, 9.17) is 4.74 Å². The van der Waals surface area contributed by atoms with Gasteiger partial charge in [-0.15, -0.1) is 0 Å². The summed E-state index contributed by atoms with van der Waals surface area (Å²) in [6.45, 7) is 7.12. The van der Waals surface area contributed by atoms with E-state index < -0.39 is 22.2 Å². The predicted octanol–water partition coefficient (Wildman–Crippen LogP) is 4.97. The third-order valence-corrected chi connectivity index (χ3v) is 9.96. The van der Waals surface area contributed by atoms with Crippen LogP contribution in [0.15, 0.2) is 42.5 Å². The van der Waals surface area contributed by atoms with Gasteiger partial charge >= 0.3 is 0 Å². The molecular weight excluding hydrogens is 540 g/mol. The molecule has 41 heavy (non-hydrogen) atoms. The zero-order chi connectivity index (χ0) is 29.4. The Balaban J connectivity index is 0.000000201. The number of carbonyl (C=O) groups is 1. The van der Waals surface area contributed by atoms with Crippen molar-refractivity contribution in [2.75, 3.05) is 19.6 Å². The van der Waals surface area contributed by atoms with Gasteiger partial charge in [0, 0.05) is 29.8 Å². The number of rotatable bonds is 9. The van der Waals surface area contributed by atoms with E-state index in [1.807, 2.05) is 30.3 Å². The second-order valence-electron chi connectivity index (χ2n) is 11.4. The number of benzene rings is 2. The molecule has 1 heterocycles. The number of nitrogens with zero attached hydrogens (tertiary/aromatic N) is 2. The molecule has 1 unspecified atom stereocenters. The number of hydrogen-bond donors (Lipinski definition) is 0. The summed E-state index contributed by atoms with van der Waals surface area (Å²) >= 11 is 0. The molecule has 0 bridgehead atoms. The van der Waals surface area contributed by atoms with Crippen LogP contribution in [-0.4, -0.2) is 59.9 Å². The molecule has 0 spiro atoms. The lowest BCUT2D eigenvalue weighted by Crippen LogP contribution is -2.48. The summed E-state index contributed by atoms with van der Waals surface area (Å²) in [5.41, 5.74) is 2.42. The van der Waals surface area contributed by atoms with Crippen LogP contribution in [0.25, 0.3) is 0 Å². The highest BCUT2D eigenvalue weighted by molar-refractivity contribution is 7.83. The first kappa shape index (κ1) is 31.5. The highest BCUT2D eigenvalue weighted by Gasteiger charge is 2.33.